The van der Waals surface area contributed by atoms with E-state index in [2.05, 4.69) is 25.6 Å². The minimum absolute atomic E-state index is 0.0429. The Morgan fingerprint density at radius 1 is 1.11 bits per heavy atom. The quantitative estimate of drug-likeness (QED) is 0.453. The number of guanidine groups is 1. The fourth-order valence-corrected chi connectivity index (χ4v) is 3.72. The van der Waals surface area contributed by atoms with Crippen molar-refractivity contribution in [1.82, 2.24) is 20.6 Å². The number of rotatable bonds is 8. The lowest BCUT2D eigenvalue weighted by Gasteiger charge is -2.22. The van der Waals surface area contributed by atoms with E-state index in [0.29, 0.717) is 18.0 Å². The molecule has 0 aliphatic carbocycles. The molecule has 2 aromatic carbocycles. The van der Waals surface area contributed by atoms with Crippen LogP contribution in [0, 0.1) is 5.82 Å². The molecule has 4 rings (SSSR count). The summed E-state index contributed by atoms with van der Waals surface area (Å²) >= 11 is 0. The number of carbonyl (C=O) groups is 1. The topological polar surface area (TPSA) is 97.7 Å². The molecular weight excluding hydrogens is 461 g/mol. The van der Waals surface area contributed by atoms with Gasteiger partial charge in [-0.2, -0.15) is 4.98 Å². The number of nitrogens with zero attached hydrogens (tertiary/aromatic N) is 3. The van der Waals surface area contributed by atoms with Crippen LogP contribution in [0.1, 0.15) is 49.9 Å². The molecule has 0 radical (unpaired) electrons. The van der Waals surface area contributed by atoms with Gasteiger partial charge in [-0.1, -0.05) is 24.3 Å². The van der Waals surface area contributed by atoms with Gasteiger partial charge in [-0.3, -0.25) is 9.79 Å². The molecular formula is C27H30FN5O3. The summed E-state index contributed by atoms with van der Waals surface area (Å²) in [6.07, 6.45) is 1.62. The number of carbonyl (C=O) groups excluding carboxylic acids is 1. The molecule has 0 saturated heterocycles. The lowest BCUT2D eigenvalue weighted by atomic mass is 9.92. The molecule has 0 spiro atoms. The Morgan fingerprint density at radius 3 is 2.53 bits per heavy atom. The number of aromatic nitrogens is 2. The molecule has 1 atom stereocenters. The summed E-state index contributed by atoms with van der Waals surface area (Å²) in [5.41, 5.74) is 1.77. The molecule has 188 valence electrons. The van der Waals surface area contributed by atoms with Crippen LogP contribution < -0.4 is 15.4 Å². The minimum Gasteiger partial charge on any atom is -0.460 e. The molecule has 1 unspecified atom stereocenters. The van der Waals surface area contributed by atoms with E-state index in [1.165, 1.54) is 12.1 Å². The van der Waals surface area contributed by atoms with E-state index in [1.807, 2.05) is 45.0 Å². The van der Waals surface area contributed by atoms with Crippen LogP contribution >= 0.6 is 0 Å². The third-order valence-electron chi connectivity index (χ3n) is 5.34. The monoisotopic (exact) mass is 491 g/mol. The van der Waals surface area contributed by atoms with E-state index in [1.54, 1.807) is 24.4 Å². The van der Waals surface area contributed by atoms with Crippen molar-refractivity contribution in [3.8, 4) is 11.8 Å². The number of hydrogen-bond acceptors (Lipinski definition) is 8. The van der Waals surface area contributed by atoms with Crippen LogP contribution in [0.25, 0.3) is 0 Å². The van der Waals surface area contributed by atoms with Gasteiger partial charge < -0.3 is 20.1 Å². The Kier molecular flexibility index (Phi) is 7.77. The van der Waals surface area contributed by atoms with E-state index in [9.17, 15) is 9.18 Å². The van der Waals surface area contributed by atoms with Crippen LogP contribution in [0.5, 0.6) is 11.8 Å². The first-order chi connectivity index (χ1) is 17.2. The zero-order chi connectivity index (χ0) is 25.5. The summed E-state index contributed by atoms with van der Waals surface area (Å²) in [7, 11) is 0. The van der Waals surface area contributed by atoms with Gasteiger partial charge >= 0.3 is 12.0 Å². The highest BCUT2D eigenvalue weighted by Crippen LogP contribution is 2.30. The van der Waals surface area contributed by atoms with Crippen LogP contribution in [0.2, 0.25) is 0 Å². The first kappa shape index (κ1) is 25.1. The maximum Gasteiger partial charge on any atom is 0.322 e. The predicted molar refractivity (Wildman–Crippen MR) is 134 cm³/mol. The van der Waals surface area contributed by atoms with Crippen molar-refractivity contribution in [3.63, 3.8) is 0 Å². The molecule has 0 fully saturated rings. The van der Waals surface area contributed by atoms with Gasteiger partial charge in [-0.25, -0.2) is 9.37 Å². The molecule has 0 bridgehead atoms. The van der Waals surface area contributed by atoms with Crippen LogP contribution in [-0.2, 0) is 16.1 Å². The highest BCUT2D eigenvalue weighted by molar-refractivity contribution is 5.81. The Labute approximate surface area is 210 Å². The lowest BCUT2D eigenvalue weighted by Crippen LogP contribution is -2.33. The minimum atomic E-state index is -0.618. The number of benzene rings is 2. The summed E-state index contributed by atoms with van der Waals surface area (Å²) in [6, 6.07) is 15.5. The molecule has 2 N–H and O–H groups in total. The van der Waals surface area contributed by atoms with Crippen molar-refractivity contribution in [2.75, 3.05) is 13.1 Å². The number of nitrogens with one attached hydrogen (secondary N) is 2. The summed E-state index contributed by atoms with van der Waals surface area (Å²) in [5.74, 6) is 0.209. The molecule has 1 aliphatic rings. The van der Waals surface area contributed by atoms with Gasteiger partial charge in [0.2, 0.25) is 0 Å². The van der Waals surface area contributed by atoms with Gasteiger partial charge in [0, 0.05) is 25.2 Å². The molecule has 0 saturated carbocycles. The average Bonchev–Trinajstić information content (AvgIpc) is 3.36. The zero-order valence-corrected chi connectivity index (χ0v) is 20.6. The van der Waals surface area contributed by atoms with E-state index < -0.39 is 11.5 Å². The molecule has 8 nitrogen and oxygen atoms in total. The summed E-state index contributed by atoms with van der Waals surface area (Å²) in [4.78, 5) is 25.7. The highest BCUT2D eigenvalue weighted by atomic mass is 19.1. The van der Waals surface area contributed by atoms with Gasteiger partial charge in [0.05, 0.1) is 18.7 Å². The second-order valence-corrected chi connectivity index (χ2v) is 9.42. The summed E-state index contributed by atoms with van der Waals surface area (Å²) in [6.45, 7) is 7.73. The van der Waals surface area contributed by atoms with E-state index >= 15 is 0 Å². The molecule has 2 heterocycles. The fourth-order valence-electron chi connectivity index (χ4n) is 3.72. The zero-order valence-electron chi connectivity index (χ0n) is 20.6. The molecule has 36 heavy (non-hydrogen) atoms. The van der Waals surface area contributed by atoms with Gasteiger partial charge in [-0.15, -0.1) is 0 Å². The number of halogens is 1. The maximum atomic E-state index is 13.5. The number of aliphatic imine (C=N–C) groups is 1. The van der Waals surface area contributed by atoms with E-state index in [0.717, 1.165) is 30.2 Å². The van der Waals surface area contributed by atoms with Crippen molar-refractivity contribution in [1.29, 1.82) is 0 Å². The average molecular weight is 492 g/mol. The lowest BCUT2D eigenvalue weighted by molar-refractivity contribution is -0.155. The molecule has 3 aromatic rings. The molecule has 9 heteroatoms. The number of hydrogen-bond donors (Lipinski definition) is 2. The third-order valence-corrected chi connectivity index (χ3v) is 5.34. The summed E-state index contributed by atoms with van der Waals surface area (Å²) in [5, 5.41) is 6.42. The van der Waals surface area contributed by atoms with Crippen LogP contribution in [0.3, 0.4) is 0 Å². The third kappa shape index (κ3) is 7.24. The number of esters is 1. The van der Waals surface area contributed by atoms with Crippen LogP contribution in [0.15, 0.2) is 65.8 Å². The summed E-state index contributed by atoms with van der Waals surface area (Å²) < 4.78 is 25.0. The Hall–Kier alpha value is -4.01. The smallest absolute Gasteiger partial charge is 0.322 e. The largest absolute Gasteiger partial charge is 0.460 e. The second-order valence-electron chi connectivity index (χ2n) is 9.42. The molecule has 1 aliphatic heterocycles. The predicted octanol–water partition coefficient (Wildman–Crippen LogP) is 4.32. The number of ether oxygens (including phenoxy) is 2. The first-order valence-corrected chi connectivity index (χ1v) is 11.8. The normalized spacial score (nSPS) is 13.9. The Morgan fingerprint density at radius 2 is 1.86 bits per heavy atom. The van der Waals surface area contributed by atoms with Crippen molar-refractivity contribution in [3.05, 3.63) is 83.4 Å². The first-order valence-electron chi connectivity index (χ1n) is 11.8. The maximum absolute atomic E-state index is 13.5. The van der Waals surface area contributed by atoms with E-state index in [-0.39, 0.29) is 24.2 Å². The van der Waals surface area contributed by atoms with Crippen LogP contribution in [0.4, 0.5) is 4.39 Å². The Balaban J connectivity index is 1.48. The van der Waals surface area contributed by atoms with Crippen molar-refractivity contribution >= 4 is 11.9 Å². The standard InChI is InChI=1S/C27H30FN5O3/c1-27(2,3)36-24(34)16-22(19-6-8-20(28)9-7-19)23-12-13-31-26(33-23)35-21-10-4-18(5-11-21)17-32-25-29-14-15-30-25/h4-13,22H,14-17H2,1-3H3,(H2,29,30,32). The van der Waals surface area contributed by atoms with Gasteiger partial charge in [0.25, 0.3) is 0 Å². The van der Waals surface area contributed by atoms with Gasteiger partial charge in [0.15, 0.2) is 5.96 Å². The van der Waals surface area contributed by atoms with Crippen molar-refractivity contribution in [2.24, 2.45) is 4.99 Å². The van der Waals surface area contributed by atoms with Crippen molar-refractivity contribution in [2.45, 2.75) is 45.3 Å². The molecule has 1 aromatic heterocycles. The fraction of sp³-hybridized carbons (Fsp3) is 0.333. The van der Waals surface area contributed by atoms with Gasteiger partial charge in [0.1, 0.15) is 17.2 Å². The van der Waals surface area contributed by atoms with Crippen molar-refractivity contribution < 1.29 is 18.7 Å². The molecule has 0 amide bonds. The highest BCUT2D eigenvalue weighted by Gasteiger charge is 2.24. The van der Waals surface area contributed by atoms with Gasteiger partial charge in [-0.05, 0) is 62.2 Å². The second kappa shape index (κ2) is 11.2. The van der Waals surface area contributed by atoms with E-state index in [4.69, 9.17) is 9.47 Å². The SMILES string of the molecule is CC(C)(C)OC(=O)CC(c1ccc(F)cc1)c1ccnc(Oc2ccc(CNC3=NCCN3)cc2)n1. The van der Waals surface area contributed by atoms with Crippen LogP contribution in [-0.4, -0.2) is 40.6 Å². The Bertz CT molecular complexity index is 1210.